The topological polar surface area (TPSA) is 43.9 Å². The highest BCUT2D eigenvalue weighted by atomic mass is 16.2. The number of nitrogens with zero attached hydrogens (tertiary/aromatic N) is 3. The SMILES string of the molecule is CCN1CCC(CN2C(=O)C3CCCN3C(=O)C2C)CC1. The molecule has 3 heterocycles. The van der Waals surface area contributed by atoms with E-state index in [9.17, 15) is 9.59 Å². The summed E-state index contributed by atoms with van der Waals surface area (Å²) >= 11 is 0. The normalized spacial score (nSPS) is 31.9. The molecule has 0 aromatic rings. The molecule has 5 heteroatoms. The smallest absolute Gasteiger partial charge is 0.246 e. The van der Waals surface area contributed by atoms with Crippen LogP contribution in [0.15, 0.2) is 0 Å². The molecule has 0 spiro atoms. The lowest BCUT2D eigenvalue weighted by Gasteiger charge is -2.43. The molecule has 0 bridgehead atoms. The summed E-state index contributed by atoms with van der Waals surface area (Å²) in [5.41, 5.74) is 0. The highest BCUT2D eigenvalue weighted by molar-refractivity contribution is 5.97. The molecule has 5 nitrogen and oxygen atoms in total. The summed E-state index contributed by atoms with van der Waals surface area (Å²) in [5, 5.41) is 0. The molecule has 2 atom stereocenters. The second kappa shape index (κ2) is 5.95. The van der Waals surface area contributed by atoms with Crippen LogP contribution in [-0.2, 0) is 9.59 Å². The molecule has 0 radical (unpaired) electrons. The Morgan fingerprint density at radius 2 is 1.76 bits per heavy atom. The van der Waals surface area contributed by atoms with Gasteiger partial charge in [-0.2, -0.15) is 0 Å². The minimum Gasteiger partial charge on any atom is -0.329 e. The number of fused-ring (bicyclic) bond motifs is 1. The van der Waals surface area contributed by atoms with Gasteiger partial charge in [0.2, 0.25) is 11.8 Å². The number of hydrogen-bond donors (Lipinski definition) is 0. The Morgan fingerprint density at radius 1 is 1.05 bits per heavy atom. The van der Waals surface area contributed by atoms with Crippen molar-refractivity contribution < 1.29 is 9.59 Å². The van der Waals surface area contributed by atoms with Gasteiger partial charge in [0.25, 0.3) is 0 Å². The molecule has 3 saturated heterocycles. The van der Waals surface area contributed by atoms with E-state index >= 15 is 0 Å². The van der Waals surface area contributed by atoms with Crippen LogP contribution in [0.5, 0.6) is 0 Å². The first-order chi connectivity index (χ1) is 10.1. The fourth-order valence-electron chi connectivity index (χ4n) is 4.05. The van der Waals surface area contributed by atoms with Crippen LogP contribution in [-0.4, -0.2) is 71.3 Å². The first-order valence-electron chi connectivity index (χ1n) is 8.45. The van der Waals surface area contributed by atoms with Crippen LogP contribution in [0.2, 0.25) is 0 Å². The van der Waals surface area contributed by atoms with Crippen molar-refractivity contribution in [2.24, 2.45) is 5.92 Å². The Balaban J connectivity index is 1.64. The summed E-state index contributed by atoms with van der Waals surface area (Å²) in [7, 11) is 0. The van der Waals surface area contributed by atoms with Gasteiger partial charge in [0, 0.05) is 13.1 Å². The van der Waals surface area contributed by atoms with Crippen LogP contribution in [0.1, 0.15) is 39.5 Å². The van der Waals surface area contributed by atoms with Crippen molar-refractivity contribution >= 4 is 11.8 Å². The lowest BCUT2D eigenvalue weighted by Crippen LogP contribution is -2.62. The number of likely N-dealkylation sites (tertiary alicyclic amines) is 1. The minimum absolute atomic E-state index is 0.156. The number of piperidine rings is 1. The standard InChI is InChI=1S/C16H27N3O2/c1-3-17-9-6-13(7-10-17)11-19-12(2)15(20)18-8-4-5-14(18)16(19)21/h12-14H,3-11H2,1-2H3. The van der Waals surface area contributed by atoms with Crippen molar-refractivity contribution in [3.63, 3.8) is 0 Å². The van der Waals surface area contributed by atoms with E-state index in [1.165, 1.54) is 0 Å². The average Bonchev–Trinajstić information content (AvgIpc) is 3.00. The maximum absolute atomic E-state index is 12.7. The van der Waals surface area contributed by atoms with Gasteiger partial charge in [-0.25, -0.2) is 0 Å². The van der Waals surface area contributed by atoms with Gasteiger partial charge >= 0.3 is 0 Å². The molecule has 0 saturated carbocycles. The van der Waals surface area contributed by atoms with Gasteiger partial charge in [-0.05, 0) is 58.2 Å². The van der Waals surface area contributed by atoms with Crippen LogP contribution in [0.25, 0.3) is 0 Å². The predicted octanol–water partition coefficient (Wildman–Crippen LogP) is 0.940. The predicted molar refractivity (Wildman–Crippen MR) is 80.7 cm³/mol. The number of rotatable bonds is 3. The zero-order chi connectivity index (χ0) is 15.0. The molecule has 118 valence electrons. The van der Waals surface area contributed by atoms with Gasteiger partial charge in [0.05, 0.1) is 0 Å². The van der Waals surface area contributed by atoms with Crippen molar-refractivity contribution in [2.75, 3.05) is 32.7 Å². The summed E-state index contributed by atoms with van der Waals surface area (Å²) < 4.78 is 0. The van der Waals surface area contributed by atoms with Crippen LogP contribution in [0.3, 0.4) is 0 Å². The first kappa shape index (κ1) is 14.8. The third-order valence-electron chi connectivity index (χ3n) is 5.54. The van der Waals surface area contributed by atoms with Crippen molar-refractivity contribution in [3.05, 3.63) is 0 Å². The van der Waals surface area contributed by atoms with E-state index in [0.717, 1.165) is 58.4 Å². The molecule has 3 aliphatic heterocycles. The molecule has 3 rings (SSSR count). The Hall–Kier alpha value is -1.10. The highest BCUT2D eigenvalue weighted by Crippen LogP contribution is 2.29. The van der Waals surface area contributed by atoms with Crippen molar-refractivity contribution in [2.45, 2.75) is 51.6 Å². The molecule has 21 heavy (non-hydrogen) atoms. The quantitative estimate of drug-likeness (QED) is 0.778. The maximum Gasteiger partial charge on any atom is 0.246 e. The Kier molecular flexibility index (Phi) is 4.20. The highest BCUT2D eigenvalue weighted by Gasteiger charge is 2.46. The fourth-order valence-corrected chi connectivity index (χ4v) is 4.05. The zero-order valence-electron chi connectivity index (χ0n) is 13.3. The monoisotopic (exact) mass is 293 g/mol. The van der Waals surface area contributed by atoms with Gasteiger partial charge in [-0.15, -0.1) is 0 Å². The van der Waals surface area contributed by atoms with Crippen molar-refractivity contribution in [1.82, 2.24) is 14.7 Å². The molecule has 2 amide bonds. The summed E-state index contributed by atoms with van der Waals surface area (Å²) in [6, 6.07) is -0.430. The van der Waals surface area contributed by atoms with Gasteiger partial charge < -0.3 is 14.7 Å². The van der Waals surface area contributed by atoms with Crippen molar-refractivity contribution in [1.29, 1.82) is 0 Å². The number of amides is 2. The van der Waals surface area contributed by atoms with Crippen LogP contribution in [0, 0.1) is 5.92 Å². The molecule has 3 fully saturated rings. The van der Waals surface area contributed by atoms with E-state index in [0.29, 0.717) is 5.92 Å². The van der Waals surface area contributed by atoms with Crippen LogP contribution in [0.4, 0.5) is 0 Å². The molecule has 0 N–H and O–H groups in total. The second-order valence-electron chi connectivity index (χ2n) is 6.73. The summed E-state index contributed by atoms with van der Waals surface area (Å²) in [4.78, 5) is 31.3. The molecule has 0 aromatic carbocycles. The average molecular weight is 293 g/mol. The summed E-state index contributed by atoms with van der Waals surface area (Å²) in [6.45, 7) is 9.00. The largest absolute Gasteiger partial charge is 0.329 e. The molecule has 0 aliphatic carbocycles. The Labute approximate surface area is 127 Å². The first-order valence-corrected chi connectivity index (χ1v) is 8.45. The van der Waals surface area contributed by atoms with E-state index in [-0.39, 0.29) is 23.9 Å². The summed E-state index contributed by atoms with van der Waals surface area (Å²) in [6.07, 6.45) is 4.11. The van der Waals surface area contributed by atoms with Crippen LogP contribution >= 0.6 is 0 Å². The van der Waals surface area contributed by atoms with Crippen molar-refractivity contribution in [3.8, 4) is 0 Å². The minimum atomic E-state index is -0.268. The van der Waals surface area contributed by atoms with Gasteiger partial charge in [-0.1, -0.05) is 6.92 Å². The van der Waals surface area contributed by atoms with E-state index in [1.54, 1.807) is 0 Å². The Morgan fingerprint density at radius 3 is 2.43 bits per heavy atom. The second-order valence-corrected chi connectivity index (χ2v) is 6.73. The van der Waals surface area contributed by atoms with Gasteiger partial charge in [-0.3, -0.25) is 9.59 Å². The van der Waals surface area contributed by atoms with Crippen LogP contribution < -0.4 is 0 Å². The number of hydrogen-bond acceptors (Lipinski definition) is 3. The number of piperazine rings is 1. The van der Waals surface area contributed by atoms with E-state index in [4.69, 9.17) is 0 Å². The third-order valence-corrected chi connectivity index (χ3v) is 5.54. The Bertz CT molecular complexity index is 418. The molecule has 3 aliphatic rings. The maximum atomic E-state index is 12.7. The fraction of sp³-hybridized carbons (Fsp3) is 0.875. The lowest BCUT2D eigenvalue weighted by atomic mass is 9.94. The number of carbonyl (C=O) groups excluding carboxylic acids is 2. The van der Waals surface area contributed by atoms with E-state index in [2.05, 4.69) is 11.8 Å². The van der Waals surface area contributed by atoms with Gasteiger partial charge in [0.1, 0.15) is 12.1 Å². The zero-order valence-corrected chi connectivity index (χ0v) is 13.3. The van der Waals surface area contributed by atoms with E-state index < -0.39 is 0 Å². The molecule has 2 unspecified atom stereocenters. The molecular formula is C16H27N3O2. The van der Waals surface area contributed by atoms with Gasteiger partial charge in [0.15, 0.2) is 0 Å². The number of carbonyl (C=O) groups is 2. The van der Waals surface area contributed by atoms with E-state index in [1.807, 2.05) is 16.7 Å². The lowest BCUT2D eigenvalue weighted by molar-refractivity contribution is -0.159. The molecule has 0 aromatic heterocycles. The third kappa shape index (κ3) is 2.68. The molecular weight excluding hydrogens is 266 g/mol. The summed E-state index contributed by atoms with van der Waals surface area (Å²) in [5.74, 6) is 0.903.